The van der Waals surface area contributed by atoms with Crippen molar-refractivity contribution in [2.24, 2.45) is 0 Å². The maximum absolute atomic E-state index is 10.5. The number of aliphatic carboxylic acids is 1. The third kappa shape index (κ3) is 3.20. The second kappa shape index (κ2) is 6.57. The van der Waals surface area contributed by atoms with Crippen LogP contribution in [-0.4, -0.2) is 17.6 Å². The summed E-state index contributed by atoms with van der Waals surface area (Å²) in [6.07, 6.45) is 1.75. The Labute approximate surface area is 118 Å². The maximum Gasteiger partial charge on any atom is 0.303 e. The molecule has 0 aliphatic heterocycles. The first-order valence-electron chi connectivity index (χ1n) is 7.09. The molecule has 4 heteroatoms. The van der Waals surface area contributed by atoms with Gasteiger partial charge in [0.15, 0.2) is 0 Å². The lowest BCUT2D eigenvalue weighted by atomic mass is 10.0. The predicted molar refractivity (Wildman–Crippen MR) is 78.9 cm³/mol. The van der Waals surface area contributed by atoms with E-state index in [0.29, 0.717) is 13.0 Å². The van der Waals surface area contributed by atoms with Crippen molar-refractivity contribution in [3.05, 3.63) is 35.6 Å². The first kappa shape index (κ1) is 14.6. The van der Waals surface area contributed by atoms with Gasteiger partial charge in [-0.1, -0.05) is 25.1 Å². The number of rotatable bonds is 7. The maximum atomic E-state index is 10.5. The molecular weight excluding hydrogens is 254 g/mol. The minimum absolute atomic E-state index is 0.0890. The monoisotopic (exact) mass is 275 g/mol. The molecule has 20 heavy (non-hydrogen) atoms. The van der Waals surface area contributed by atoms with E-state index >= 15 is 0 Å². The van der Waals surface area contributed by atoms with E-state index in [-0.39, 0.29) is 12.5 Å². The Balaban J connectivity index is 2.09. The fourth-order valence-corrected chi connectivity index (χ4v) is 2.48. The molecule has 1 atom stereocenters. The van der Waals surface area contributed by atoms with Gasteiger partial charge >= 0.3 is 5.97 Å². The Bertz CT molecular complexity index is 588. The summed E-state index contributed by atoms with van der Waals surface area (Å²) >= 11 is 0. The zero-order valence-electron chi connectivity index (χ0n) is 12.0. The lowest BCUT2D eigenvalue weighted by Crippen LogP contribution is -2.21. The first-order valence-corrected chi connectivity index (χ1v) is 7.09. The van der Waals surface area contributed by atoms with Crippen LogP contribution in [0.5, 0.6) is 0 Å². The van der Waals surface area contributed by atoms with Crippen molar-refractivity contribution in [1.82, 2.24) is 5.32 Å². The molecule has 1 aromatic carbocycles. The molecule has 0 amide bonds. The number of benzene rings is 1. The summed E-state index contributed by atoms with van der Waals surface area (Å²) in [6.45, 7) is 4.85. The summed E-state index contributed by atoms with van der Waals surface area (Å²) in [5.74, 6) is 0.210. The molecule has 0 fully saturated rings. The molecular formula is C16H21NO3. The topological polar surface area (TPSA) is 62.5 Å². The number of aryl methyl sites for hydroxylation is 1. The number of furan rings is 1. The van der Waals surface area contributed by atoms with Gasteiger partial charge in [-0.3, -0.25) is 4.79 Å². The van der Waals surface area contributed by atoms with Crippen molar-refractivity contribution >= 4 is 16.9 Å². The molecule has 1 aromatic heterocycles. The fraction of sp³-hybridized carbons (Fsp3) is 0.438. The molecule has 2 aromatic rings. The second-order valence-electron chi connectivity index (χ2n) is 4.97. The zero-order chi connectivity index (χ0) is 14.5. The minimum Gasteiger partial charge on any atom is -0.481 e. The second-order valence-corrected chi connectivity index (χ2v) is 4.97. The van der Waals surface area contributed by atoms with Crippen LogP contribution in [0, 0.1) is 0 Å². The third-order valence-electron chi connectivity index (χ3n) is 3.49. The number of para-hydroxylation sites is 1. The van der Waals surface area contributed by atoms with E-state index in [1.54, 1.807) is 0 Å². The van der Waals surface area contributed by atoms with Crippen molar-refractivity contribution in [2.45, 2.75) is 39.2 Å². The number of hydrogen-bond acceptors (Lipinski definition) is 3. The largest absolute Gasteiger partial charge is 0.481 e. The summed E-state index contributed by atoms with van der Waals surface area (Å²) in [5.41, 5.74) is 2.15. The molecule has 0 aliphatic rings. The van der Waals surface area contributed by atoms with Crippen LogP contribution in [0.1, 0.15) is 44.1 Å². The number of hydrogen-bond donors (Lipinski definition) is 2. The number of carboxylic acid groups (broad SMARTS) is 1. The number of nitrogens with one attached hydrogen (secondary N) is 1. The normalized spacial score (nSPS) is 12.7. The van der Waals surface area contributed by atoms with Crippen molar-refractivity contribution in [3.63, 3.8) is 0 Å². The van der Waals surface area contributed by atoms with Crippen LogP contribution in [0.25, 0.3) is 11.0 Å². The predicted octanol–water partition coefficient (Wildman–Crippen LogP) is 3.51. The molecule has 1 heterocycles. The van der Waals surface area contributed by atoms with E-state index in [9.17, 15) is 4.79 Å². The Morgan fingerprint density at radius 2 is 2.15 bits per heavy atom. The van der Waals surface area contributed by atoms with Gasteiger partial charge in [-0.2, -0.15) is 0 Å². The van der Waals surface area contributed by atoms with Crippen LogP contribution < -0.4 is 5.32 Å². The highest BCUT2D eigenvalue weighted by molar-refractivity contribution is 5.82. The minimum atomic E-state index is -0.752. The van der Waals surface area contributed by atoms with Gasteiger partial charge in [0.1, 0.15) is 11.3 Å². The van der Waals surface area contributed by atoms with Gasteiger partial charge < -0.3 is 14.8 Å². The van der Waals surface area contributed by atoms with Crippen molar-refractivity contribution in [1.29, 1.82) is 0 Å². The Morgan fingerprint density at radius 3 is 2.85 bits per heavy atom. The highest BCUT2D eigenvalue weighted by atomic mass is 16.4. The summed E-state index contributed by atoms with van der Waals surface area (Å²) in [5, 5.41) is 13.1. The third-order valence-corrected chi connectivity index (χ3v) is 3.49. The van der Waals surface area contributed by atoms with Gasteiger partial charge in [-0.05, 0) is 32.4 Å². The van der Waals surface area contributed by atoms with Gasteiger partial charge in [0.05, 0.1) is 6.04 Å². The standard InChI is InChI=1S/C16H21NO3/c1-3-12-13-7-4-5-8-14(13)20-16(12)11(2)17-10-6-9-15(18)19/h4-5,7-8,11,17H,3,6,9-10H2,1-2H3,(H,18,19). The Kier molecular flexibility index (Phi) is 4.79. The van der Waals surface area contributed by atoms with Gasteiger partial charge in [0.2, 0.25) is 0 Å². The Hall–Kier alpha value is -1.81. The highest BCUT2D eigenvalue weighted by Gasteiger charge is 2.17. The number of carboxylic acids is 1. The van der Waals surface area contributed by atoms with E-state index in [0.717, 1.165) is 17.8 Å². The van der Waals surface area contributed by atoms with E-state index in [1.807, 2.05) is 18.2 Å². The number of carbonyl (C=O) groups is 1. The van der Waals surface area contributed by atoms with Crippen LogP contribution in [0.3, 0.4) is 0 Å². The van der Waals surface area contributed by atoms with Gasteiger partial charge in [-0.15, -0.1) is 0 Å². The van der Waals surface area contributed by atoms with Crippen LogP contribution in [0.2, 0.25) is 0 Å². The van der Waals surface area contributed by atoms with E-state index in [2.05, 4.69) is 25.2 Å². The molecule has 2 N–H and O–H groups in total. The summed E-state index contributed by atoms with van der Waals surface area (Å²) in [6, 6.07) is 8.14. The molecule has 108 valence electrons. The van der Waals surface area contributed by atoms with Crippen LogP contribution in [0.4, 0.5) is 0 Å². The van der Waals surface area contributed by atoms with E-state index in [4.69, 9.17) is 9.52 Å². The molecule has 0 spiro atoms. The zero-order valence-corrected chi connectivity index (χ0v) is 12.0. The van der Waals surface area contributed by atoms with Crippen LogP contribution >= 0.6 is 0 Å². The fourth-order valence-electron chi connectivity index (χ4n) is 2.48. The van der Waals surface area contributed by atoms with Gasteiger partial charge in [-0.25, -0.2) is 0 Å². The summed E-state index contributed by atoms with van der Waals surface area (Å²) < 4.78 is 5.95. The van der Waals surface area contributed by atoms with Crippen LogP contribution in [0.15, 0.2) is 28.7 Å². The average molecular weight is 275 g/mol. The van der Waals surface area contributed by atoms with Crippen LogP contribution in [-0.2, 0) is 11.2 Å². The molecule has 0 saturated carbocycles. The van der Waals surface area contributed by atoms with Crippen molar-refractivity contribution in [2.75, 3.05) is 6.54 Å². The number of fused-ring (bicyclic) bond motifs is 1. The smallest absolute Gasteiger partial charge is 0.303 e. The van der Waals surface area contributed by atoms with Crippen molar-refractivity contribution < 1.29 is 14.3 Å². The molecule has 2 rings (SSSR count). The molecule has 0 radical (unpaired) electrons. The quantitative estimate of drug-likeness (QED) is 0.759. The first-order chi connectivity index (χ1) is 9.63. The molecule has 1 unspecified atom stereocenters. The summed E-state index contributed by atoms with van der Waals surface area (Å²) in [7, 11) is 0. The molecule has 4 nitrogen and oxygen atoms in total. The molecule has 0 aliphatic carbocycles. The van der Waals surface area contributed by atoms with E-state index < -0.39 is 5.97 Å². The molecule has 0 saturated heterocycles. The van der Waals surface area contributed by atoms with Crippen molar-refractivity contribution in [3.8, 4) is 0 Å². The SMILES string of the molecule is CCc1c(C(C)NCCCC(=O)O)oc2ccccc12. The molecule has 0 bridgehead atoms. The average Bonchev–Trinajstić information content (AvgIpc) is 2.81. The lowest BCUT2D eigenvalue weighted by molar-refractivity contribution is -0.137. The Morgan fingerprint density at radius 1 is 1.40 bits per heavy atom. The summed E-state index contributed by atoms with van der Waals surface area (Å²) in [4.78, 5) is 10.5. The highest BCUT2D eigenvalue weighted by Crippen LogP contribution is 2.30. The van der Waals surface area contributed by atoms with Gasteiger partial charge in [0.25, 0.3) is 0 Å². The van der Waals surface area contributed by atoms with E-state index in [1.165, 1.54) is 10.9 Å². The van der Waals surface area contributed by atoms with Gasteiger partial charge in [0, 0.05) is 17.4 Å². The lowest BCUT2D eigenvalue weighted by Gasteiger charge is -2.12.